The lowest BCUT2D eigenvalue weighted by Gasteiger charge is -2.32. The Balaban J connectivity index is 2.71. The van der Waals surface area contributed by atoms with Crippen LogP contribution in [0, 0.1) is 0 Å². The maximum atomic E-state index is 12.2. The molecule has 0 radical (unpaired) electrons. The van der Waals surface area contributed by atoms with Crippen molar-refractivity contribution in [3.63, 3.8) is 0 Å². The van der Waals surface area contributed by atoms with Crippen LogP contribution < -0.4 is 4.72 Å². The van der Waals surface area contributed by atoms with Crippen LogP contribution in [-0.2, 0) is 10.0 Å². The second kappa shape index (κ2) is 5.36. The number of rotatable bonds is 4. The van der Waals surface area contributed by atoms with Crippen molar-refractivity contribution in [2.24, 2.45) is 0 Å². The van der Waals surface area contributed by atoms with Gasteiger partial charge < -0.3 is 0 Å². The smallest absolute Gasteiger partial charge is 0.212 e. The number of alkyl halides is 1. The molecule has 0 aromatic heterocycles. The predicted molar refractivity (Wildman–Crippen MR) is 71.4 cm³/mol. The minimum absolute atomic E-state index is 0.110. The maximum Gasteiger partial charge on any atom is 0.215 e. The van der Waals surface area contributed by atoms with Crippen molar-refractivity contribution in [3.05, 3.63) is 0 Å². The first kappa shape index (κ1) is 14.5. The number of sulfonamides is 1. The highest BCUT2D eigenvalue weighted by Gasteiger charge is 2.34. The second-order valence-corrected chi connectivity index (χ2v) is 8.58. The van der Waals surface area contributed by atoms with Gasteiger partial charge in [0.1, 0.15) is 0 Å². The predicted octanol–water partition coefficient (Wildman–Crippen LogP) is 2.80. The summed E-state index contributed by atoms with van der Waals surface area (Å²) in [5.74, 6) is 0. The van der Waals surface area contributed by atoms with Crippen LogP contribution in [-0.4, -0.2) is 24.0 Å². The van der Waals surface area contributed by atoms with Crippen molar-refractivity contribution in [2.45, 2.75) is 68.5 Å². The zero-order valence-electron chi connectivity index (χ0n) is 10.3. The molecule has 0 aromatic rings. The zero-order valence-corrected chi connectivity index (χ0v) is 12.7. The van der Waals surface area contributed by atoms with E-state index in [9.17, 15) is 8.42 Å². The Morgan fingerprint density at radius 3 is 2.19 bits per heavy atom. The molecule has 1 N–H and O–H groups in total. The lowest BCUT2D eigenvalue weighted by atomic mass is 10.0. The molecule has 0 bridgehead atoms. The number of hydrogen-bond acceptors (Lipinski definition) is 2. The molecule has 0 saturated heterocycles. The fourth-order valence-corrected chi connectivity index (χ4v) is 4.20. The third-order valence-corrected chi connectivity index (χ3v) is 6.70. The van der Waals surface area contributed by atoms with Crippen LogP contribution in [0.3, 0.4) is 0 Å². The minimum atomic E-state index is -3.17. The molecule has 0 aromatic carbocycles. The molecule has 3 nitrogen and oxygen atoms in total. The van der Waals surface area contributed by atoms with Crippen molar-refractivity contribution in [2.75, 3.05) is 0 Å². The first-order valence-electron chi connectivity index (χ1n) is 5.92. The second-order valence-electron chi connectivity index (χ2n) is 5.24. The molecule has 96 valence electrons. The highest BCUT2D eigenvalue weighted by atomic mass is 79.9. The Morgan fingerprint density at radius 1 is 1.25 bits per heavy atom. The van der Waals surface area contributed by atoms with Gasteiger partial charge in [0.15, 0.2) is 0 Å². The van der Waals surface area contributed by atoms with E-state index in [4.69, 9.17) is 0 Å². The fourth-order valence-electron chi connectivity index (χ4n) is 1.91. The summed E-state index contributed by atoms with van der Waals surface area (Å²) >= 11 is 3.45. The Morgan fingerprint density at radius 2 is 1.75 bits per heavy atom. The van der Waals surface area contributed by atoms with Gasteiger partial charge in [0.2, 0.25) is 10.0 Å². The van der Waals surface area contributed by atoms with E-state index in [0.29, 0.717) is 0 Å². The van der Waals surface area contributed by atoms with E-state index < -0.39 is 15.6 Å². The summed E-state index contributed by atoms with van der Waals surface area (Å²) < 4.78 is 27.2. The molecule has 0 heterocycles. The van der Waals surface area contributed by atoms with Crippen molar-refractivity contribution >= 4 is 26.0 Å². The normalized spacial score (nSPS) is 22.0. The molecular formula is C11H22BrNO2S. The molecule has 1 saturated carbocycles. The molecule has 0 amide bonds. The van der Waals surface area contributed by atoms with Crippen molar-refractivity contribution in [1.82, 2.24) is 4.72 Å². The van der Waals surface area contributed by atoms with Gasteiger partial charge in [-0.1, -0.05) is 42.1 Å². The largest absolute Gasteiger partial charge is 0.215 e. The molecular weight excluding hydrogens is 290 g/mol. The van der Waals surface area contributed by atoms with Crippen LogP contribution in [0.5, 0.6) is 0 Å². The average molecular weight is 312 g/mol. The van der Waals surface area contributed by atoms with Gasteiger partial charge in [-0.25, -0.2) is 13.1 Å². The summed E-state index contributed by atoms with van der Waals surface area (Å²) in [5, 5.41) is -0.188. The number of halogens is 1. The van der Waals surface area contributed by atoms with Gasteiger partial charge in [-0.15, -0.1) is 0 Å². The van der Waals surface area contributed by atoms with Crippen LogP contribution in [0.15, 0.2) is 0 Å². The Bertz CT molecular complexity index is 319. The van der Waals surface area contributed by atoms with Crippen LogP contribution in [0.25, 0.3) is 0 Å². The first-order chi connectivity index (χ1) is 7.26. The monoisotopic (exact) mass is 311 g/mol. The van der Waals surface area contributed by atoms with Gasteiger partial charge in [0, 0.05) is 10.4 Å². The molecule has 1 aliphatic rings. The summed E-state index contributed by atoms with van der Waals surface area (Å²) in [6, 6.07) is 0. The third-order valence-electron chi connectivity index (χ3n) is 3.39. The van der Waals surface area contributed by atoms with Crippen LogP contribution in [0.2, 0.25) is 0 Å². The molecule has 1 rings (SSSR count). The fraction of sp³-hybridized carbons (Fsp3) is 1.00. The van der Waals surface area contributed by atoms with Crippen LogP contribution in [0.1, 0.15) is 52.9 Å². The highest BCUT2D eigenvalue weighted by Crippen LogP contribution is 2.26. The summed E-state index contributed by atoms with van der Waals surface area (Å²) in [6.45, 7) is 5.78. The summed E-state index contributed by atoms with van der Waals surface area (Å²) in [4.78, 5) is 0.110. The summed E-state index contributed by atoms with van der Waals surface area (Å²) in [5.41, 5.74) is -0.434. The number of hydrogen-bond donors (Lipinski definition) is 1. The van der Waals surface area contributed by atoms with Crippen molar-refractivity contribution in [3.8, 4) is 0 Å². The Kier molecular flexibility index (Phi) is 4.84. The van der Waals surface area contributed by atoms with E-state index in [0.717, 1.165) is 25.7 Å². The SMILES string of the molecule is CC(Br)C(C)(C)NS(=O)(=O)C1CCCCC1. The van der Waals surface area contributed by atoms with Gasteiger partial charge in [-0.3, -0.25) is 0 Å². The Hall–Kier alpha value is 0.390. The van der Waals surface area contributed by atoms with E-state index in [1.807, 2.05) is 20.8 Å². The van der Waals surface area contributed by atoms with Crippen LogP contribution >= 0.6 is 15.9 Å². The molecule has 1 unspecified atom stereocenters. The summed E-state index contributed by atoms with van der Waals surface area (Å²) in [6.07, 6.45) is 4.86. The van der Waals surface area contributed by atoms with E-state index in [-0.39, 0.29) is 10.1 Å². The molecule has 1 aliphatic carbocycles. The van der Waals surface area contributed by atoms with Gasteiger partial charge in [-0.05, 0) is 26.7 Å². The lowest BCUT2D eigenvalue weighted by molar-refractivity contribution is 0.430. The molecule has 0 aliphatic heterocycles. The molecule has 1 fully saturated rings. The number of nitrogens with one attached hydrogen (secondary N) is 1. The molecule has 0 spiro atoms. The topological polar surface area (TPSA) is 46.2 Å². The van der Waals surface area contributed by atoms with Gasteiger partial charge in [0.25, 0.3) is 0 Å². The first-order valence-corrected chi connectivity index (χ1v) is 8.39. The quantitative estimate of drug-likeness (QED) is 0.811. The standard InChI is InChI=1S/C11H22BrNO2S/c1-9(12)11(2,3)13-16(14,15)10-7-5-4-6-8-10/h9-10,13H,4-8H2,1-3H3. The highest BCUT2D eigenvalue weighted by molar-refractivity contribution is 9.09. The zero-order chi connectivity index (χ0) is 12.4. The molecule has 1 atom stereocenters. The average Bonchev–Trinajstić information content (AvgIpc) is 2.17. The maximum absolute atomic E-state index is 12.2. The Labute approximate surface area is 108 Å². The lowest BCUT2D eigenvalue weighted by Crippen LogP contribution is -2.51. The van der Waals surface area contributed by atoms with E-state index in [2.05, 4.69) is 20.7 Å². The van der Waals surface area contributed by atoms with Crippen molar-refractivity contribution in [1.29, 1.82) is 0 Å². The van der Waals surface area contributed by atoms with E-state index in [1.54, 1.807) is 0 Å². The van der Waals surface area contributed by atoms with E-state index in [1.165, 1.54) is 6.42 Å². The van der Waals surface area contributed by atoms with Gasteiger partial charge in [-0.2, -0.15) is 0 Å². The van der Waals surface area contributed by atoms with Crippen LogP contribution in [0.4, 0.5) is 0 Å². The van der Waals surface area contributed by atoms with Gasteiger partial charge in [0.05, 0.1) is 5.25 Å². The van der Waals surface area contributed by atoms with Crippen molar-refractivity contribution < 1.29 is 8.42 Å². The summed E-state index contributed by atoms with van der Waals surface area (Å²) in [7, 11) is -3.17. The van der Waals surface area contributed by atoms with E-state index >= 15 is 0 Å². The van der Waals surface area contributed by atoms with Gasteiger partial charge >= 0.3 is 0 Å². The minimum Gasteiger partial charge on any atom is -0.212 e. The third kappa shape index (κ3) is 3.70. The molecule has 16 heavy (non-hydrogen) atoms. The molecule has 5 heteroatoms.